The first kappa shape index (κ1) is 20.3. The molecule has 0 radical (unpaired) electrons. The summed E-state index contributed by atoms with van der Waals surface area (Å²) in [5.74, 6) is 0. The molecule has 0 saturated carbocycles. The van der Waals surface area contributed by atoms with E-state index in [0.29, 0.717) is 0 Å². The summed E-state index contributed by atoms with van der Waals surface area (Å²) in [6.45, 7) is 6.22. The minimum absolute atomic E-state index is 0.159. The van der Waals surface area contributed by atoms with Crippen molar-refractivity contribution in [3.8, 4) is 0 Å². The zero-order valence-corrected chi connectivity index (χ0v) is 19.2. The molecule has 2 unspecified atom stereocenters. The number of rotatable bonds is 4. The lowest BCUT2D eigenvalue weighted by Crippen LogP contribution is -2.51. The molecule has 1 fully saturated rings. The molecule has 166 valence electrons. The van der Waals surface area contributed by atoms with E-state index in [1.165, 1.54) is 16.8 Å². The Hall–Kier alpha value is -3.37. The number of para-hydroxylation sites is 2. The molecule has 3 aromatic carbocycles. The number of allylic oxidation sites excluding steroid dienone is 1. The zero-order valence-electron chi connectivity index (χ0n) is 19.2. The van der Waals surface area contributed by atoms with Crippen LogP contribution in [-0.4, -0.2) is 24.6 Å². The first-order chi connectivity index (χ1) is 16.1. The number of hydrogen-bond acceptors (Lipinski definition) is 4. The van der Waals surface area contributed by atoms with E-state index in [1.54, 1.807) is 0 Å². The van der Waals surface area contributed by atoms with Gasteiger partial charge in [-0.05, 0) is 41.5 Å². The van der Waals surface area contributed by atoms with E-state index < -0.39 is 5.72 Å². The molecule has 0 spiro atoms. The molecule has 4 heteroatoms. The summed E-state index contributed by atoms with van der Waals surface area (Å²) in [7, 11) is 0. The van der Waals surface area contributed by atoms with Crippen LogP contribution in [0.1, 0.15) is 37.4 Å². The molecule has 1 saturated heterocycles. The third-order valence-corrected chi connectivity index (χ3v) is 7.44. The summed E-state index contributed by atoms with van der Waals surface area (Å²) in [5.41, 5.74) is 5.44. The van der Waals surface area contributed by atoms with E-state index in [1.807, 2.05) is 6.07 Å². The first-order valence-electron chi connectivity index (χ1n) is 11.8. The van der Waals surface area contributed by atoms with Gasteiger partial charge in [-0.15, -0.1) is 0 Å². The van der Waals surface area contributed by atoms with Crippen molar-refractivity contribution in [3.05, 3.63) is 108 Å². The lowest BCUT2D eigenvalue weighted by molar-refractivity contribution is -0.000230. The highest BCUT2D eigenvalue weighted by Crippen LogP contribution is 2.54. The number of ether oxygens (including phenoxy) is 1. The molecule has 0 aromatic heterocycles. The second-order valence-corrected chi connectivity index (χ2v) is 9.57. The lowest BCUT2D eigenvalue weighted by Gasteiger charge is -2.39. The van der Waals surface area contributed by atoms with Crippen molar-refractivity contribution in [3.63, 3.8) is 0 Å². The Labute approximate surface area is 195 Å². The number of nitrogens with zero attached hydrogens (tertiary/aromatic N) is 3. The van der Waals surface area contributed by atoms with E-state index in [0.717, 1.165) is 31.0 Å². The largest absolute Gasteiger partial charge is 0.349 e. The summed E-state index contributed by atoms with van der Waals surface area (Å²) in [5, 5.41) is 7.24. The fraction of sp³-hybridized carbons (Fsp3) is 0.276. The molecule has 0 N–H and O–H groups in total. The smallest absolute Gasteiger partial charge is 0.170 e. The van der Waals surface area contributed by atoms with Crippen molar-refractivity contribution in [2.75, 3.05) is 23.1 Å². The van der Waals surface area contributed by atoms with Crippen LogP contribution in [0.5, 0.6) is 0 Å². The minimum Gasteiger partial charge on any atom is -0.349 e. The van der Waals surface area contributed by atoms with Crippen LogP contribution in [-0.2, 0) is 10.2 Å². The van der Waals surface area contributed by atoms with Crippen LogP contribution in [0, 0.1) is 0 Å². The van der Waals surface area contributed by atoms with Gasteiger partial charge in [-0.3, -0.25) is 5.01 Å². The van der Waals surface area contributed by atoms with Crippen LogP contribution < -0.4 is 9.91 Å². The zero-order chi connectivity index (χ0) is 22.5. The Morgan fingerprint density at radius 2 is 1.61 bits per heavy atom. The normalized spacial score (nSPS) is 25.4. The van der Waals surface area contributed by atoms with Crippen LogP contribution in [0.2, 0.25) is 0 Å². The highest BCUT2D eigenvalue weighted by atomic mass is 16.5. The van der Waals surface area contributed by atoms with E-state index in [-0.39, 0.29) is 11.5 Å². The van der Waals surface area contributed by atoms with E-state index in [9.17, 15) is 0 Å². The van der Waals surface area contributed by atoms with E-state index in [4.69, 9.17) is 9.84 Å². The van der Waals surface area contributed by atoms with Crippen molar-refractivity contribution in [2.24, 2.45) is 5.10 Å². The molecule has 33 heavy (non-hydrogen) atoms. The van der Waals surface area contributed by atoms with Gasteiger partial charge in [0.25, 0.3) is 0 Å². The van der Waals surface area contributed by atoms with Gasteiger partial charge in [-0.2, -0.15) is 5.10 Å². The standard InChI is InChI=1S/C29H29N3O/c1-28(2)25-15-9-10-16-26(25)31-19-20-33-29(28,31)18-17-23-21-27(22-11-5-3-6-12-22)32(30-23)24-13-7-4-8-14-24/h3-18,27H,19-21H2,1-2H3/b18-17+. The van der Waals surface area contributed by atoms with Crippen molar-refractivity contribution in [2.45, 2.75) is 37.5 Å². The highest BCUT2D eigenvalue weighted by molar-refractivity contribution is 5.98. The van der Waals surface area contributed by atoms with E-state index in [2.05, 4.69) is 115 Å². The molecule has 3 aliphatic heterocycles. The predicted octanol–water partition coefficient (Wildman–Crippen LogP) is 6.07. The maximum absolute atomic E-state index is 6.52. The van der Waals surface area contributed by atoms with Crippen LogP contribution >= 0.6 is 0 Å². The summed E-state index contributed by atoms with van der Waals surface area (Å²) >= 11 is 0. The summed E-state index contributed by atoms with van der Waals surface area (Å²) in [6, 6.07) is 30.0. The molecule has 0 bridgehead atoms. The minimum atomic E-state index is -0.485. The van der Waals surface area contributed by atoms with Crippen LogP contribution in [0.25, 0.3) is 0 Å². The second-order valence-electron chi connectivity index (χ2n) is 9.57. The van der Waals surface area contributed by atoms with Gasteiger partial charge in [0.05, 0.1) is 24.0 Å². The third kappa shape index (κ3) is 3.05. The number of anilines is 2. The Morgan fingerprint density at radius 3 is 2.39 bits per heavy atom. The van der Waals surface area contributed by atoms with Crippen LogP contribution in [0.4, 0.5) is 11.4 Å². The number of fused-ring (bicyclic) bond motifs is 3. The van der Waals surface area contributed by atoms with Gasteiger partial charge in [-0.1, -0.05) is 80.6 Å². The Morgan fingerprint density at radius 1 is 0.909 bits per heavy atom. The van der Waals surface area contributed by atoms with Gasteiger partial charge >= 0.3 is 0 Å². The quantitative estimate of drug-likeness (QED) is 0.498. The predicted molar refractivity (Wildman–Crippen MR) is 135 cm³/mol. The Balaban J connectivity index is 1.37. The number of hydrazone groups is 1. The van der Waals surface area contributed by atoms with Gasteiger partial charge in [-0.25, -0.2) is 0 Å². The molecule has 2 atom stereocenters. The average Bonchev–Trinajstić information content (AvgIpc) is 3.53. The van der Waals surface area contributed by atoms with Gasteiger partial charge < -0.3 is 9.64 Å². The molecule has 6 rings (SSSR count). The maximum atomic E-state index is 6.52. The summed E-state index contributed by atoms with van der Waals surface area (Å²) in [4.78, 5) is 2.43. The fourth-order valence-corrected chi connectivity index (χ4v) is 5.73. The molecule has 3 heterocycles. The van der Waals surface area contributed by atoms with Gasteiger partial charge in [0.2, 0.25) is 0 Å². The highest BCUT2D eigenvalue weighted by Gasteiger charge is 2.59. The molecular weight excluding hydrogens is 406 g/mol. The van der Waals surface area contributed by atoms with Gasteiger partial charge in [0.15, 0.2) is 5.72 Å². The Kier molecular flexibility index (Phi) is 4.66. The molecular formula is C29H29N3O. The summed E-state index contributed by atoms with van der Waals surface area (Å²) < 4.78 is 6.52. The molecule has 3 aromatic rings. The SMILES string of the molecule is CC1(C)c2ccccc2N2CCOC21/C=C/C1=NN(c2ccccc2)C(c2ccccc2)C1. The fourth-order valence-electron chi connectivity index (χ4n) is 5.73. The maximum Gasteiger partial charge on any atom is 0.170 e. The number of hydrogen-bond donors (Lipinski definition) is 0. The second kappa shape index (κ2) is 7.60. The molecule has 0 amide bonds. The van der Waals surface area contributed by atoms with Crippen LogP contribution in [0.3, 0.4) is 0 Å². The van der Waals surface area contributed by atoms with Gasteiger partial charge in [0.1, 0.15) is 0 Å². The van der Waals surface area contributed by atoms with E-state index >= 15 is 0 Å². The van der Waals surface area contributed by atoms with Crippen molar-refractivity contribution >= 4 is 17.1 Å². The van der Waals surface area contributed by atoms with Crippen molar-refractivity contribution in [1.82, 2.24) is 0 Å². The topological polar surface area (TPSA) is 28.1 Å². The first-order valence-corrected chi connectivity index (χ1v) is 11.8. The molecule has 3 aliphatic rings. The van der Waals surface area contributed by atoms with Crippen molar-refractivity contribution < 1.29 is 4.74 Å². The molecule has 0 aliphatic carbocycles. The third-order valence-electron chi connectivity index (χ3n) is 7.44. The monoisotopic (exact) mass is 435 g/mol. The Bertz CT molecular complexity index is 1220. The van der Waals surface area contributed by atoms with Gasteiger partial charge in [0, 0.05) is 24.1 Å². The lowest BCUT2D eigenvalue weighted by atomic mass is 9.77. The van der Waals surface area contributed by atoms with Crippen LogP contribution in [0.15, 0.2) is 102 Å². The average molecular weight is 436 g/mol. The molecule has 4 nitrogen and oxygen atoms in total. The number of benzene rings is 3. The summed E-state index contributed by atoms with van der Waals surface area (Å²) in [6.07, 6.45) is 5.32. The van der Waals surface area contributed by atoms with Crippen molar-refractivity contribution in [1.29, 1.82) is 0 Å².